The minimum Gasteiger partial charge on any atom is -0.480 e. The normalized spacial score (nSPS) is 19.6. The molecule has 0 aromatic heterocycles. The summed E-state index contributed by atoms with van der Waals surface area (Å²) in [6, 6.07) is 0. The molecule has 0 heterocycles. The minimum atomic E-state index is -4.21. The van der Waals surface area contributed by atoms with Crippen molar-refractivity contribution in [2.45, 2.75) is 24.9 Å². The maximum absolute atomic E-state index is 11.6. The van der Waals surface area contributed by atoms with Crippen molar-refractivity contribution in [1.82, 2.24) is 0 Å². The van der Waals surface area contributed by atoms with Gasteiger partial charge in [-0.1, -0.05) is 6.92 Å². The maximum Gasteiger partial charge on any atom is 0.353 e. The first-order valence-electron chi connectivity index (χ1n) is 4.17. The lowest BCUT2D eigenvalue weighted by atomic mass is 10.0. The van der Waals surface area contributed by atoms with Gasteiger partial charge in [0.2, 0.25) is 5.16 Å². The molecule has 0 aliphatic carbocycles. The second kappa shape index (κ2) is 4.73. The second-order valence-corrected chi connectivity index (χ2v) is 4.95. The zero-order chi connectivity index (χ0) is 11.4. The predicted molar refractivity (Wildman–Crippen MR) is 51.8 cm³/mol. The van der Waals surface area contributed by atoms with E-state index < -0.39 is 18.7 Å². The van der Waals surface area contributed by atoms with Gasteiger partial charge in [0.25, 0.3) is 0 Å². The summed E-state index contributed by atoms with van der Waals surface area (Å²) in [5, 5.41) is 7.10. The number of carboxylic acids is 1. The third-order valence-corrected chi connectivity index (χ3v) is 4.55. The summed E-state index contributed by atoms with van der Waals surface area (Å²) in [4.78, 5) is 20.4. The smallest absolute Gasteiger partial charge is 0.353 e. The highest BCUT2D eigenvalue weighted by Crippen LogP contribution is 2.58. The third-order valence-electron chi connectivity index (χ3n) is 2.20. The van der Waals surface area contributed by atoms with E-state index in [4.69, 9.17) is 5.11 Å². The van der Waals surface area contributed by atoms with Gasteiger partial charge < -0.3 is 10.00 Å². The van der Waals surface area contributed by atoms with E-state index in [1.165, 1.54) is 6.92 Å². The molecule has 2 atom stereocenters. The molecule has 0 aliphatic heterocycles. The van der Waals surface area contributed by atoms with E-state index >= 15 is 0 Å². The molecule has 0 aromatic rings. The highest BCUT2D eigenvalue weighted by molar-refractivity contribution is 7.55. The molecule has 14 heavy (non-hydrogen) atoms. The van der Waals surface area contributed by atoms with Crippen molar-refractivity contribution >= 4 is 13.6 Å². The van der Waals surface area contributed by atoms with Crippen LogP contribution in [0.3, 0.4) is 0 Å². The molecule has 2 N–H and O–H groups in total. The van der Waals surface area contributed by atoms with Crippen LogP contribution >= 0.6 is 7.60 Å². The van der Waals surface area contributed by atoms with Gasteiger partial charge >= 0.3 is 13.6 Å². The van der Waals surface area contributed by atoms with Crippen molar-refractivity contribution in [2.75, 3.05) is 6.61 Å². The molecular weight excluding hydrogens is 207 g/mol. The Morgan fingerprint density at radius 3 is 2.29 bits per heavy atom. The lowest BCUT2D eigenvalue weighted by molar-refractivity contribution is -0.140. The van der Waals surface area contributed by atoms with Gasteiger partial charge in [0, 0.05) is 0 Å². The van der Waals surface area contributed by atoms with Crippen LogP contribution in [0.1, 0.15) is 19.8 Å². The summed E-state index contributed by atoms with van der Waals surface area (Å²) in [6.07, 6.45) is -0.216. The Hall–Kier alpha value is -0.640. The number of hydrogen-bond donors (Lipinski definition) is 2. The molecule has 0 radical (unpaired) electrons. The Balaban J connectivity index is 5.18. The van der Waals surface area contributed by atoms with Crippen LogP contribution in [0.2, 0.25) is 0 Å². The standard InChI is InChI=1S/C8H13O5P/c1-4-8(5-2,7(9)10)14(11,12)13-6-3/h1,3-6H2,2H3/p+2. The highest BCUT2D eigenvalue weighted by Gasteiger charge is 2.55. The fraction of sp³-hybridized carbons (Fsp3) is 0.625. The van der Waals surface area contributed by atoms with Gasteiger partial charge in [-0.05, 0) is 6.42 Å². The molecule has 0 saturated heterocycles. The molecule has 0 spiro atoms. The third kappa shape index (κ3) is 2.05. The first-order valence-corrected chi connectivity index (χ1v) is 5.75. The monoisotopic (exact) mass is 222 g/mol. The number of carbonyl (C=O) groups is 1. The molecule has 0 bridgehead atoms. The number of hydrogen-bond acceptors (Lipinski definition) is 3. The van der Waals surface area contributed by atoms with Crippen molar-refractivity contribution < 1.29 is 23.9 Å². The first kappa shape index (κ1) is 13.4. The lowest BCUT2D eigenvalue weighted by Crippen LogP contribution is -2.37. The van der Waals surface area contributed by atoms with Gasteiger partial charge in [0.15, 0.2) is 6.61 Å². The molecule has 80 valence electrons. The molecule has 0 fully saturated rings. The second-order valence-electron chi connectivity index (χ2n) is 2.79. The quantitative estimate of drug-likeness (QED) is 0.525. The molecule has 0 aliphatic rings. The summed E-state index contributed by atoms with van der Waals surface area (Å²) in [7, 11) is -4.21. The van der Waals surface area contributed by atoms with Crippen molar-refractivity contribution in [1.29, 1.82) is 0 Å². The van der Waals surface area contributed by atoms with E-state index in [2.05, 4.69) is 18.4 Å². The first-order chi connectivity index (χ1) is 6.38. The maximum atomic E-state index is 11.6. The van der Waals surface area contributed by atoms with Gasteiger partial charge in [-0.25, -0.2) is 0 Å². The molecular formula is C8H15O5P+2. The molecule has 5 nitrogen and oxygen atoms in total. The molecule has 0 saturated carbocycles. The molecule has 2 unspecified atom stereocenters. The Morgan fingerprint density at radius 1 is 1.57 bits per heavy atom. The van der Waals surface area contributed by atoms with Gasteiger partial charge in [0.1, 0.15) is 6.42 Å². The van der Waals surface area contributed by atoms with Crippen LogP contribution in [-0.2, 0) is 13.9 Å². The van der Waals surface area contributed by atoms with Crippen molar-refractivity contribution in [3.63, 3.8) is 0 Å². The molecule has 6 heteroatoms. The van der Waals surface area contributed by atoms with Crippen molar-refractivity contribution in [3.8, 4) is 0 Å². The fourth-order valence-electron chi connectivity index (χ4n) is 1.14. The number of rotatable bonds is 6. The van der Waals surface area contributed by atoms with Crippen molar-refractivity contribution in [2.24, 2.45) is 0 Å². The Bertz CT molecular complexity index is 246. The van der Waals surface area contributed by atoms with Crippen LogP contribution in [0, 0.1) is 13.8 Å². The summed E-state index contributed by atoms with van der Waals surface area (Å²) in [6.45, 7) is 7.89. The zero-order valence-corrected chi connectivity index (χ0v) is 9.00. The Kier molecular flexibility index (Phi) is 4.52. The van der Waals surface area contributed by atoms with E-state index in [0.29, 0.717) is 0 Å². The summed E-state index contributed by atoms with van der Waals surface area (Å²) >= 11 is 0. The fourth-order valence-corrected chi connectivity index (χ4v) is 2.56. The average Bonchev–Trinajstić information content (AvgIpc) is 2.05. The lowest BCUT2D eigenvalue weighted by Gasteiger charge is -2.26. The topological polar surface area (TPSA) is 83.8 Å². The van der Waals surface area contributed by atoms with Gasteiger partial charge in [0.05, 0.1) is 13.8 Å². The Morgan fingerprint density at radius 2 is 2.07 bits per heavy atom. The molecule has 0 amide bonds. The largest absolute Gasteiger partial charge is 0.480 e. The van der Waals surface area contributed by atoms with Crippen LogP contribution < -0.4 is 0 Å². The van der Waals surface area contributed by atoms with E-state index in [1.54, 1.807) is 0 Å². The SMILES string of the molecule is [CH2+]COP(=O)(O)C(C[CH2+])(CC)C(=O)O. The zero-order valence-electron chi connectivity index (χ0n) is 8.10. The van der Waals surface area contributed by atoms with Gasteiger partial charge in [-0.2, -0.15) is 0 Å². The minimum absolute atomic E-state index is 0.0143. The summed E-state index contributed by atoms with van der Waals surface area (Å²) in [5.41, 5.74) is 0. The van der Waals surface area contributed by atoms with Crippen molar-refractivity contribution in [3.05, 3.63) is 13.8 Å². The number of carboxylic acid groups (broad SMARTS) is 1. The van der Waals surface area contributed by atoms with E-state index in [-0.39, 0.29) is 19.4 Å². The van der Waals surface area contributed by atoms with E-state index in [0.717, 1.165) is 0 Å². The summed E-state index contributed by atoms with van der Waals surface area (Å²) in [5.74, 6) is -1.37. The van der Waals surface area contributed by atoms with Gasteiger partial charge in [-0.15, -0.1) is 0 Å². The van der Waals surface area contributed by atoms with E-state index in [9.17, 15) is 14.3 Å². The summed E-state index contributed by atoms with van der Waals surface area (Å²) < 4.78 is 16.1. The van der Waals surface area contributed by atoms with Crippen LogP contribution in [0.25, 0.3) is 0 Å². The van der Waals surface area contributed by atoms with E-state index in [1.807, 2.05) is 0 Å². The highest BCUT2D eigenvalue weighted by atomic mass is 31.2. The van der Waals surface area contributed by atoms with Crippen LogP contribution in [-0.4, -0.2) is 27.7 Å². The van der Waals surface area contributed by atoms with Crippen LogP contribution in [0.15, 0.2) is 0 Å². The van der Waals surface area contributed by atoms with Crippen LogP contribution in [0.4, 0.5) is 0 Å². The molecule has 0 rings (SSSR count). The predicted octanol–water partition coefficient (Wildman–Crippen LogP) is 1.48. The Labute approximate surface area is 83.6 Å². The molecule has 0 aromatic carbocycles. The van der Waals surface area contributed by atoms with Crippen LogP contribution in [0.5, 0.6) is 0 Å². The number of aliphatic carboxylic acids is 1. The van der Waals surface area contributed by atoms with Gasteiger partial charge in [-0.3, -0.25) is 13.9 Å². The average molecular weight is 222 g/mol.